The minimum absolute atomic E-state index is 0.0833. The zero-order chi connectivity index (χ0) is 11.7. The van der Waals surface area contributed by atoms with E-state index in [1.165, 1.54) is 4.57 Å². The Labute approximate surface area is 98.7 Å². The number of para-hydroxylation sites is 1. The number of benzene rings is 1. The van der Waals surface area contributed by atoms with Crippen LogP contribution in [0.15, 0.2) is 44.4 Å². The molecule has 0 aliphatic rings. The molecule has 6 heteroatoms. The van der Waals surface area contributed by atoms with Crippen LogP contribution in [0.25, 0.3) is 5.69 Å². The minimum atomic E-state index is -0.558. The van der Waals surface area contributed by atoms with E-state index in [1.54, 1.807) is 24.3 Å². The van der Waals surface area contributed by atoms with E-state index in [0.29, 0.717) is 5.69 Å². The number of nitrogen functional groups attached to an aromatic ring is 1. The van der Waals surface area contributed by atoms with Gasteiger partial charge in [-0.15, -0.1) is 0 Å². The molecule has 0 unspecified atom stereocenters. The molecule has 0 amide bonds. The van der Waals surface area contributed by atoms with Crippen LogP contribution in [0.4, 0.5) is 5.82 Å². The summed E-state index contributed by atoms with van der Waals surface area (Å²) >= 11 is 3.03. The summed E-state index contributed by atoms with van der Waals surface area (Å²) in [4.78, 5) is 25.0. The van der Waals surface area contributed by atoms with E-state index < -0.39 is 11.2 Å². The molecule has 0 fully saturated rings. The Balaban J connectivity index is 2.82. The number of hydrogen-bond acceptors (Lipinski definition) is 3. The van der Waals surface area contributed by atoms with E-state index in [4.69, 9.17) is 5.73 Å². The second-order valence-electron chi connectivity index (χ2n) is 3.13. The van der Waals surface area contributed by atoms with Crippen LogP contribution in [-0.4, -0.2) is 9.55 Å². The molecule has 0 saturated heterocycles. The van der Waals surface area contributed by atoms with Crippen molar-refractivity contribution >= 4 is 21.7 Å². The van der Waals surface area contributed by atoms with E-state index >= 15 is 0 Å². The van der Waals surface area contributed by atoms with Crippen LogP contribution >= 0.6 is 15.9 Å². The summed E-state index contributed by atoms with van der Waals surface area (Å²) in [6.07, 6.45) is 0. The topological polar surface area (TPSA) is 80.9 Å². The maximum absolute atomic E-state index is 11.6. The normalized spacial score (nSPS) is 10.3. The van der Waals surface area contributed by atoms with Gasteiger partial charge < -0.3 is 5.73 Å². The lowest BCUT2D eigenvalue weighted by Gasteiger charge is -2.09. The summed E-state index contributed by atoms with van der Waals surface area (Å²) in [5, 5.41) is 0. The van der Waals surface area contributed by atoms with Gasteiger partial charge in [0.25, 0.3) is 5.56 Å². The van der Waals surface area contributed by atoms with Gasteiger partial charge in [-0.25, -0.2) is 9.36 Å². The van der Waals surface area contributed by atoms with Crippen molar-refractivity contribution in [2.75, 3.05) is 5.73 Å². The van der Waals surface area contributed by atoms with Gasteiger partial charge in [0, 0.05) is 0 Å². The predicted octanol–water partition coefficient (Wildman–Crippen LogP) is 0.871. The molecule has 0 aliphatic heterocycles. The number of anilines is 1. The number of nitrogens with zero attached hydrogens (tertiary/aromatic N) is 1. The highest BCUT2D eigenvalue weighted by Crippen LogP contribution is 2.15. The predicted molar refractivity (Wildman–Crippen MR) is 64.8 cm³/mol. The molecule has 3 N–H and O–H groups in total. The van der Waals surface area contributed by atoms with E-state index in [9.17, 15) is 9.59 Å². The highest BCUT2D eigenvalue weighted by atomic mass is 79.9. The zero-order valence-corrected chi connectivity index (χ0v) is 9.69. The van der Waals surface area contributed by atoms with Crippen LogP contribution in [0.1, 0.15) is 0 Å². The van der Waals surface area contributed by atoms with Crippen molar-refractivity contribution in [3.05, 3.63) is 55.6 Å². The highest BCUT2D eigenvalue weighted by molar-refractivity contribution is 9.10. The Hall–Kier alpha value is -1.82. The molecule has 1 aromatic heterocycles. The summed E-state index contributed by atoms with van der Waals surface area (Å²) in [5.41, 5.74) is 5.22. The lowest BCUT2D eigenvalue weighted by Crippen LogP contribution is -2.31. The fraction of sp³-hybridized carbons (Fsp3) is 0. The average molecular weight is 282 g/mol. The number of aromatic amines is 1. The summed E-state index contributed by atoms with van der Waals surface area (Å²) < 4.78 is 1.38. The molecule has 1 aromatic carbocycles. The third-order valence-corrected chi connectivity index (χ3v) is 2.87. The van der Waals surface area contributed by atoms with Crippen LogP contribution in [-0.2, 0) is 0 Å². The first-order valence-corrected chi connectivity index (χ1v) is 5.26. The number of halogens is 1. The van der Waals surface area contributed by atoms with Gasteiger partial charge in [-0.2, -0.15) is 0 Å². The lowest BCUT2D eigenvalue weighted by molar-refractivity contribution is 0.900. The zero-order valence-electron chi connectivity index (χ0n) is 8.11. The van der Waals surface area contributed by atoms with Crippen molar-refractivity contribution in [1.29, 1.82) is 0 Å². The first-order chi connectivity index (χ1) is 7.61. The molecule has 16 heavy (non-hydrogen) atoms. The van der Waals surface area contributed by atoms with E-state index in [2.05, 4.69) is 20.9 Å². The van der Waals surface area contributed by atoms with Crippen molar-refractivity contribution in [3.8, 4) is 5.69 Å². The Morgan fingerprint density at radius 2 is 1.81 bits per heavy atom. The Morgan fingerprint density at radius 3 is 2.44 bits per heavy atom. The van der Waals surface area contributed by atoms with Gasteiger partial charge in [0.15, 0.2) is 0 Å². The Kier molecular flexibility index (Phi) is 2.66. The molecule has 1 heterocycles. The van der Waals surface area contributed by atoms with Crippen LogP contribution in [0.2, 0.25) is 0 Å². The Bertz CT molecular complexity index is 631. The SMILES string of the molecule is Nc1c(Br)c(=O)[nH]c(=O)n1-c1ccccc1. The van der Waals surface area contributed by atoms with Crippen molar-refractivity contribution in [2.45, 2.75) is 0 Å². The number of nitrogens with one attached hydrogen (secondary N) is 1. The molecule has 0 radical (unpaired) electrons. The third-order valence-electron chi connectivity index (χ3n) is 2.10. The van der Waals surface area contributed by atoms with Crippen LogP contribution in [0.3, 0.4) is 0 Å². The van der Waals surface area contributed by atoms with Crippen molar-refractivity contribution in [2.24, 2.45) is 0 Å². The van der Waals surface area contributed by atoms with Crippen LogP contribution < -0.4 is 17.0 Å². The monoisotopic (exact) mass is 281 g/mol. The molecule has 0 atom stereocenters. The summed E-state index contributed by atoms with van der Waals surface area (Å²) in [5.74, 6) is 0.0833. The lowest BCUT2D eigenvalue weighted by atomic mass is 10.3. The quantitative estimate of drug-likeness (QED) is 0.814. The van der Waals surface area contributed by atoms with Gasteiger partial charge in [0.1, 0.15) is 10.3 Å². The standard InChI is InChI=1S/C10H8BrN3O2/c11-7-8(12)14(10(16)13-9(7)15)6-4-2-1-3-5-6/h1-5H,12H2,(H,13,15,16). The maximum Gasteiger partial charge on any atom is 0.334 e. The number of hydrogen-bond donors (Lipinski definition) is 2. The molecule has 2 rings (SSSR count). The van der Waals surface area contributed by atoms with Crippen molar-refractivity contribution in [3.63, 3.8) is 0 Å². The number of aromatic nitrogens is 2. The van der Waals surface area contributed by atoms with Gasteiger partial charge in [-0.05, 0) is 28.1 Å². The van der Waals surface area contributed by atoms with Crippen molar-refractivity contribution in [1.82, 2.24) is 9.55 Å². The fourth-order valence-corrected chi connectivity index (χ4v) is 1.64. The largest absolute Gasteiger partial charge is 0.384 e. The summed E-state index contributed by atoms with van der Waals surface area (Å²) in [6.45, 7) is 0. The number of nitrogens with two attached hydrogens (primary N) is 1. The number of H-pyrrole nitrogens is 1. The summed E-state index contributed by atoms with van der Waals surface area (Å²) in [7, 11) is 0. The first-order valence-electron chi connectivity index (χ1n) is 4.47. The van der Waals surface area contributed by atoms with E-state index in [-0.39, 0.29) is 10.3 Å². The third kappa shape index (κ3) is 1.67. The smallest absolute Gasteiger partial charge is 0.334 e. The van der Waals surface area contributed by atoms with Gasteiger partial charge in [0.05, 0.1) is 5.69 Å². The first kappa shape index (κ1) is 10.7. The molecule has 2 aromatic rings. The second kappa shape index (κ2) is 3.97. The van der Waals surface area contributed by atoms with Gasteiger partial charge in [-0.3, -0.25) is 9.78 Å². The second-order valence-corrected chi connectivity index (χ2v) is 3.92. The highest BCUT2D eigenvalue weighted by Gasteiger charge is 2.10. The van der Waals surface area contributed by atoms with Crippen LogP contribution in [0, 0.1) is 0 Å². The minimum Gasteiger partial charge on any atom is -0.384 e. The van der Waals surface area contributed by atoms with Crippen molar-refractivity contribution < 1.29 is 0 Å². The van der Waals surface area contributed by atoms with Gasteiger partial charge >= 0.3 is 5.69 Å². The fourth-order valence-electron chi connectivity index (χ4n) is 1.37. The Morgan fingerprint density at radius 1 is 1.19 bits per heavy atom. The molecule has 5 nitrogen and oxygen atoms in total. The summed E-state index contributed by atoms with van der Waals surface area (Å²) in [6, 6.07) is 8.83. The molecule has 0 spiro atoms. The molecule has 0 bridgehead atoms. The molecular weight excluding hydrogens is 274 g/mol. The molecular formula is C10H8BrN3O2. The van der Waals surface area contributed by atoms with Gasteiger partial charge in [-0.1, -0.05) is 18.2 Å². The molecule has 82 valence electrons. The average Bonchev–Trinajstić information content (AvgIpc) is 2.28. The van der Waals surface area contributed by atoms with Gasteiger partial charge in [0.2, 0.25) is 0 Å². The van der Waals surface area contributed by atoms with E-state index in [1.807, 2.05) is 6.07 Å². The molecule has 0 aliphatic carbocycles. The maximum atomic E-state index is 11.6. The van der Waals surface area contributed by atoms with Crippen LogP contribution in [0.5, 0.6) is 0 Å². The molecule has 0 saturated carbocycles. The number of rotatable bonds is 1. The van der Waals surface area contributed by atoms with E-state index in [0.717, 1.165) is 0 Å².